The molecule has 1 aromatic carbocycles. The minimum absolute atomic E-state index is 0.330. The van der Waals surface area contributed by atoms with Gasteiger partial charge in [0.1, 0.15) is 17.9 Å². The van der Waals surface area contributed by atoms with Gasteiger partial charge in [-0.05, 0) is 37.1 Å². The number of carboxylic acids is 1. The average Bonchev–Trinajstić information content (AvgIpc) is 2.62. The highest BCUT2D eigenvalue weighted by Gasteiger charge is 2.26. The molecular weight excluding hydrogens is 294 g/mol. The van der Waals surface area contributed by atoms with Crippen molar-refractivity contribution in [2.75, 3.05) is 25.1 Å². The molecule has 0 radical (unpaired) electrons. The van der Waals surface area contributed by atoms with Crippen molar-refractivity contribution in [3.63, 3.8) is 0 Å². The van der Waals surface area contributed by atoms with E-state index in [0.717, 1.165) is 42.2 Å². The molecule has 120 valence electrons. The summed E-state index contributed by atoms with van der Waals surface area (Å²) in [7, 11) is 1.63. The summed E-state index contributed by atoms with van der Waals surface area (Å²) >= 11 is 0. The van der Waals surface area contributed by atoms with Crippen LogP contribution < -0.4 is 9.64 Å². The maximum Gasteiger partial charge on any atom is 0.308 e. The molecule has 6 nitrogen and oxygen atoms in total. The molecule has 1 fully saturated rings. The molecule has 0 amide bonds. The highest BCUT2D eigenvalue weighted by Crippen LogP contribution is 2.26. The number of ether oxygens (including phenoxy) is 1. The third-order valence-corrected chi connectivity index (χ3v) is 4.13. The summed E-state index contributed by atoms with van der Waals surface area (Å²) in [6.07, 6.45) is 3.11. The van der Waals surface area contributed by atoms with E-state index in [1.54, 1.807) is 7.11 Å². The molecule has 1 N–H and O–H groups in total. The number of benzene rings is 1. The maximum absolute atomic E-state index is 11.2. The van der Waals surface area contributed by atoms with Gasteiger partial charge in [0.05, 0.1) is 18.7 Å². The zero-order valence-corrected chi connectivity index (χ0v) is 13.0. The van der Waals surface area contributed by atoms with Crippen molar-refractivity contribution in [2.24, 2.45) is 5.92 Å². The molecule has 1 aliphatic rings. The summed E-state index contributed by atoms with van der Waals surface area (Å²) in [4.78, 5) is 21.9. The van der Waals surface area contributed by atoms with Crippen LogP contribution in [0.25, 0.3) is 11.3 Å². The van der Waals surface area contributed by atoms with Crippen LogP contribution in [0.1, 0.15) is 12.8 Å². The molecule has 1 atom stereocenters. The Morgan fingerprint density at radius 2 is 2.09 bits per heavy atom. The van der Waals surface area contributed by atoms with Gasteiger partial charge in [-0.25, -0.2) is 9.97 Å². The van der Waals surface area contributed by atoms with Crippen molar-refractivity contribution in [2.45, 2.75) is 12.8 Å². The third kappa shape index (κ3) is 3.41. The van der Waals surface area contributed by atoms with Crippen LogP contribution in [0, 0.1) is 5.92 Å². The fourth-order valence-electron chi connectivity index (χ4n) is 2.83. The Kier molecular flexibility index (Phi) is 4.41. The van der Waals surface area contributed by atoms with Crippen LogP contribution in [0.4, 0.5) is 5.82 Å². The number of aliphatic carboxylic acids is 1. The van der Waals surface area contributed by atoms with Gasteiger partial charge in [0, 0.05) is 24.7 Å². The second kappa shape index (κ2) is 6.64. The van der Waals surface area contributed by atoms with Gasteiger partial charge in [0.15, 0.2) is 0 Å². The number of hydrogen-bond acceptors (Lipinski definition) is 5. The zero-order valence-electron chi connectivity index (χ0n) is 13.0. The summed E-state index contributed by atoms with van der Waals surface area (Å²) in [5, 5.41) is 9.21. The number of piperidine rings is 1. The van der Waals surface area contributed by atoms with Gasteiger partial charge in [0.25, 0.3) is 0 Å². The first kappa shape index (κ1) is 15.3. The summed E-state index contributed by atoms with van der Waals surface area (Å²) < 4.78 is 5.16. The lowest BCUT2D eigenvalue weighted by Gasteiger charge is -2.31. The van der Waals surface area contributed by atoms with Crippen LogP contribution >= 0.6 is 0 Å². The third-order valence-electron chi connectivity index (χ3n) is 4.13. The second-order valence-electron chi connectivity index (χ2n) is 5.61. The van der Waals surface area contributed by atoms with E-state index < -0.39 is 5.97 Å². The van der Waals surface area contributed by atoms with Crippen molar-refractivity contribution >= 4 is 11.8 Å². The smallest absolute Gasteiger partial charge is 0.308 e. The molecule has 1 aromatic heterocycles. The summed E-state index contributed by atoms with van der Waals surface area (Å²) in [5.41, 5.74) is 1.79. The summed E-state index contributed by atoms with van der Waals surface area (Å²) in [6, 6.07) is 9.57. The first-order valence-corrected chi connectivity index (χ1v) is 7.61. The molecule has 0 saturated carbocycles. The van der Waals surface area contributed by atoms with Crippen molar-refractivity contribution < 1.29 is 14.6 Å². The van der Waals surface area contributed by atoms with Gasteiger partial charge < -0.3 is 14.7 Å². The van der Waals surface area contributed by atoms with E-state index in [9.17, 15) is 9.90 Å². The Labute approximate surface area is 134 Å². The normalized spacial score (nSPS) is 17.8. The molecular formula is C17H19N3O3. The monoisotopic (exact) mass is 313 g/mol. The van der Waals surface area contributed by atoms with E-state index in [4.69, 9.17) is 4.74 Å². The quantitative estimate of drug-likeness (QED) is 0.934. The lowest BCUT2D eigenvalue weighted by Crippen LogP contribution is -2.39. The molecule has 6 heteroatoms. The minimum atomic E-state index is -0.737. The van der Waals surface area contributed by atoms with Crippen LogP contribution in [0.3, 0.4) is 0 Å². The molecule has 3 rings (SSSR count). The number of carboxylic acid groups (broad SMARTS) is 1. The van der Waals surface area contributed by atoms with E-state index in [1.165, 1.54) is 6.33 Å². The highest BCUT2D eigenvalue weighted by atomic mass is 16.5. The predicted octanol–water partition coefficient (Wildman–Crippen LogP) is 2.45. The molecule has 0 spiro atoms. The van der Waals surface area contributed by atoms with Crippen LogP contribution in [0.2, 0.25) is 0 Å². The molecule has 2 heterocycles. The Morgan fingerprint density at radius 3 is 2.78 bits per heavy atom. The Hall–Kier alpha value is -2.63. The Balaban J connectivity index is 1.82. The predicted molar refractivity (Wildman–Crippen MR) is 86.6 cm³/mol. The fraction of sp³-hybridized carbons (Fsp3) is 0.353. The number of anilines is 1. The first-order chi connectivity index (χ1) is 11.2. The van der Waals surface area contributed by atoms with E-state index in [-0.39, 0.29) is 5.92 Å². The van der Waals surface area contributed by atoms with Crippen molar-refractivity contribution in [1.82, 2.24) is 9.97 Å². The van der Waals surface area contributed by atoms with Crippen molar-refractivity contribution in [3.8, 4) is 17.0 Å². The minimum Gasteiger partial charge on any atom is -0.497 e. The molecule has 2 aromatic rings. The Morgan fingerprint density at radius 1 is 1.30 bits per heavy atom. The standard InChI is InChI=1S/C17H19N3O3/c1-23-14-6-4-12(5-7-14)15-9-16(19-11-18-15)20-8-2-3-13(10-20)17(21)22/h4-7,9,11,13H,2-3,8,10H2,1H3,(H,21,22). The molecule has 0 bridgehead atoms. The molecule has 1 aliphatic heterocycles. The van der Waals surface area contributed by atoms with Gasteiger partial charge in [-0.2, -0.15) is 0 Å². The number of carbonyl (C=O) groups is 1. The van der Waals surface area contributed by atoms with Gasteiger partial charge >= 0.3 is 5.97 Å². The number of aromatic nitrogens is 2. The molecule has 1 saturated heterocycles. The van der Waals surface area contributed by atoms with Crippen LogP contribution in [0.15, 0.2) is 36.7 Å². The Bertz CT molecular complexity index is 688. The average molecular weight is 313 g/mol. The van der Waals surface area contributed by atoms with Crippen LogP contribution in [0.5, 0.6) is 5.75 Å². The summed E-state index contributed by atoms with van der Waals surface area (Å²) in [5.74, 6) is 0.502. The number of hydrogen-bond donors (Lipinski definition) is 1. The van der Waals surface area contributed by atoms with Gasteiger partial charge in [-0.15, -0.1) is 0 Å². The highest BCUT2D eigenvalue weighted by molar-refractivity contribution is 5.71. The SMILES string of the molecule is COc1ccc(-c2cc(N3CCCC(C(=O)O)C3)ncn2)cc1. The van der Waals surface area contributed by atoms with Gasteiger partial charge in [0.2, 0.25) is 0 Å². The van der Waals surface area contributed by atoms with E-state index >= 15 is 0 Å². The van der Waals surface area contributed by atoms with Crippen molar-refractivity contribution in [1.29, 1.82) is 0 Å². The van der Waals surface area contributed by atoms with Gasteiger partial charge in [-0.1, -0.05) is 0 Å². The first-order valence-electron chi connectivity index (χ1n) is 7.61. The largest absolute Gasteiger partial charge is 0.497 e. The summed E-state index contributed by atoms with van der Waals surface area (Å²) in [6.45, 7) is 1.32. The maximum atomic E-state index is 11.2. The lowest BCUT2D eigenvalue weighted by atomic mass is 9.98. The van der Waals surface area contributed by atoms with Crippen molar-refractivity contribution in [3.05, 3.63) is 36.7 Å². The van der Waals surface area contributed by atoms with Crippen LogP contribution in [-0.2, 0) is 4.79 Å². The molecule has 23 heavy (non-hydrogen) atoms. The fourth-order valence-corrected chi connectivity index (χ4v) is 2.83. The van der Waals surface area contributed by atoms with E-state index in [1.807, 2.05) is 35.2 Å². The number of nitrogens with zero attached hydrogens (tertiary/aromatic N) is 3. The lowest BCUT2D eigenvalue weighted by molar-refractivity contribution is -0.141. The van der Waals surface area contributed by atoms with Crippen LogP contribution in [-0.4, -0.2) is 41.2 Å². The second-order valence-corrected chi connectivity index (χ2v) is 5.61. The van der Waals surface area contributed by atoms with E-state index in [2.05, 4.69) is 9.97 Å². The topological polar surface area (TPSA) is 75.5 Å². The zero-order chi connectivity index (χ0) is 16.2. The molecule has 1 unspecified atom stereocenters. The molecule has 0 aliphatic carbocycles. The number of rotatable bonds is 4. The number of methoxy groups -OCH3 is 1. The van der Waals surface area contributed by atoms with E-state index in [0.29, 0.717) is 6.54 Å². The van der Waals surface area contributed by atoms with Gasteiger partial charge in [-0.3, -0.25) is 4.79 Å².